The van der Waals surface area contributed by atoms with E-state index in [1.165, 1.54) is 11.1 Å². The van der Waals surface area contributed by atoms with Gasteiger partial charge < -0.3 is 0 Å². The second kappa shape index (κ2) is 3.53. The van der Waals surface area contributed by atoms with Crippen LogP contribution in [-0.2, 0) is 5.41 Å². The molecule has 0 atom stereocenters. The van der Waals surface area contributed by atoms with Crippen molar-refractivity contribution in [1.29, 1.82) is 0 Å². The molecule has 0 amide bonds. The first kappa shape index (κ1) is 10.3. The lowest BCUT2D eigenvalue weighted by molar-refractivity contribution is 0.588. The number of hydrogen-bond acceptors (Lipinski definition) is 0. The third-order valence-electron chi connectivity index (χ3n) is 2.34. The Kier molecular flexibility index (Phi) is 2.80. The summed E-state index contributed by atoms with van der Waals surface area (Å²) in [6, 6.07) is 9.68. The second-order valence-electron chi connectivity index (χ2n) is 4.96. The van der Waals surface area contributed by atoms with Crippen LogP contribution in [0.5, 0.6) is 0 Å². The fourth-order valence-corrected chi connectivity index (χ4v) is 1.26. The van der Waals surface area contributed by atoms with E-state index >= 15 is 0 Å². The Balaban J connectivity index is 3.06. The molecule has 1 aromatic carbocycles. The Morgan fingerprint density at radius 3 is 2.23 bits per heavy atom. The van der Waals surface area contributed by atoms with E-state index in [4.69, 9.17) is 0 Å². The lowest BCUT2D eigenvalue weighted by atomic mass is 9.85. The molecule has 1 rings (SSSR count). The SMILES string of the molecule is CC(C)c1c[c]cc(C(C)(C)C)c1. The molecule has 71 valence electrons. The molecular formula is C13H19. The van der Waals surface area contributed by atoms with Gasteiger partial charge >= 0.3 is 0 Å². The Labute approximate surface area is 82.0 Å². The summed E-state index contributed by atoms with van der Waals surface area (Å²) >= 11 is 0. The summed E-state index contributed by atoms with van der Waals surface area (Å²) in [4.78, 5) is 0. The first-order chi connectivity index (χ1) is 5.91. The first-order valence-electron chi connectivity index (χ1n) is 4.93. The standard InChI is InChI=1S/C13H19/c1-10(2)11-7-6-8-12(9-11)13(3,4)5/h7-10H,1-5H3. The Bertz CT molecular complexity index is 276. The molecule has 0 bridgehead atoms. The molecule has 0 spiro atoms. The van der Waals surface area contributed by atoms with Gasteiger partial charge in [0.2, 0.25) is 0 Å². The third-order valence-corrected chi connectivity index (χ3v) is 2.34. The summed E-state index contributed by atoms with van der Waals surface area (Å²) in [6.45, 7) is 11.1. The summed E-state index contributed by atoms with van der Waals surface area (Å²) in [5.41, 5.74) is 2.99. The fraction of sp³-hybridized carbons (Fsp3) is 0.538. The molecule has 0 aliphatic rings. The molecule has 0 saturated heterocycles. The molecule has 0 fully saturated rings. The van der Waals surface area contributed by atoms with Crippen LogP contribution in [0.3, 0.4) is 0 Å². The van der Waals surface area contributed by atoms with E-state index in [1.54, 1.807) is 0 Å². The van der Waals surface area contributed by atoms with Crippen molar-refractivity contribution in [2.24, 2.45) is 0 Å². The van der Waals surface area contributed by atoms with Crippen molar-refractivity contribution < 1.29 is 0 Å². The molecular weight excluding hydrogens is 156 g/mol. The fourth-order valence-electron chi connectivity index (χ4n) is 1.26. The summed E-state index contributed by atoms with van der Waals surface area (Å²) in [5.74, 6) is 0.596. The van der Waals surface area contributed by atoms with Crippen molar-refractivity contribution in [3.05, 3.63) is 35.4 Å². The predicted molar refractivity (Wildman–Crippen MR) is 58.1 cm³/mol. The lowest BCUT2D eigenvalue weighted by Gasteiger charge is -2.20. The van der Waals surface area contributed by atoms with E-state index in [2.05, 4.69) is 58.9 Å². The summed E-state index contributed by atoms with van der Waals surface area (Å²) in [5, 5.41) is 0. The smallest absolute Gasteiger partial charge is 0.0132 e. The van der Waals surface area contributed by atoms with Gasteiger partial charge in [-0.2, -0.15) is 0 Å². The van der Waals surface area contributed by atoms with E-state index < -0.39 is 0 Å². The molecule has 0 nitrogen and oxygen atoms in total. The van der Waals surface area contributed by atoms with Gasteiger partial charge in [-0.25, -0.2) is 0 Å². The minimum absolute atomic E-state index is 0.238. The Morgan fingerprint density at radius 1 is 1.15 bits per heavy atom. The molecule has 1 radical (unpaired) electrons. The molecule has 0 unspecified atom stereocenters. The van der Waals surface area contributed by atoms with E-state index in [0.717, 1.165) is 0 Å². The maximum Gasteiger partial charge on any atom is -0.0132 e. The monoisotopic (exact) mass is 175 g/mol. The normalized spacial score (nSPS) is 12.2. The maximum atomic E-state index is 3.22. The van der Waals surface area contributed by atoms with Crippen LogP contribution in [-0.4, -0.2) is 0 Å². The molecule has 0 aliphatic carbocycles. The zero-order valence-corrected chi connectivity index (χ0v) is 9.31. The Morgan fingerprint density at radius 2 is 1.77 bits per heavy atom. The zero-order chi connectivity index (χ0) is 10.1. The van der Waals surface area contributed by atoms with Crippen molar-refractivity contribution in [3.63, 3.8) is 0 Å². The third kappa shape index (κ3) is 2.58. The molecule has 0 heteroatoms. The number of hydrogen-bond donors (Lipinski definition) is 0. The van der Waals surface area contributed by atoms with Crippen LogP contribution in [0.25, 0.3) is 0 Å². The van der Waals surface area contributed by atoms with Crippen LogP contribution in [0.15, 0.2) is 18.2 Å². The maximum absolute atomic E-state index is 3.22. The minimum Gasteiger partial charge on any atom is -0.0587 e. The van der Waals surface area contributed by atoms with Crippen LogP contribution in [0.1, 0.15) is 51.7 Å². The number of benzene rings is 1. The Hall–Kier alpha value is -0.780. The van der Waals surface area contributed by atoms with E-state index in [-0.39, 0.29) is 5.41 Å². The average molecular weight is 175 g/mol. The van der Waals surface area contributed by atoms with Gasteiger partial charge in [-0.15, -0.1) is 0 Å². The van der Waals surface area contributed by atoms with E-state index in [9.17, 15) is 0 Å². The highest BCUT2D eigenvalue weighted by atomic mass is 14.2. The first-order valence-corrected chi connectivity index (χ1v) is 4.93. The van der Waals surface area contributed by atoms with Gasteiger partial charge in [0.15, 0.2) is 0 Å². The summed E-state index contributed by atoms with van der Waals surface area (Å²) in [6.07, 6.45) is 0. The highest BCUT2D eigenvalue weighted by Gasteiger charge is 2.13. The molecule has 0 heterocycles. The van der Waals surface area contributed by atoms with Crippen LogP contribution in [0, 0.1) is 6.07 Å². The molecule has 0 aromatic heterocycles. The highest BCUT2D eigenvalue weighted by molar-refractivity contribution is 5.29. The van der Waals surface area contributed by atoms with Crippen molar-refractivity contribution in [1.82, 2.24) is 0 Å². The van der Waals surface area contributed by atoms with Gasteiger partial charge in [0, 0.05) is 0 Å². The van der Waals surface area contributed by atoms with Crippen molar-refractivity contribution in [2.75, 3.05) is 0 Å². The van der Waals surface area contributed by atoms with E-state index in [0.29, 0.717) is 5.92 Å². The molecule has 0 N–H and O–H groups in total. The van der Waals surface area contributed by atoms with Crippen LogP contribution in [0.2, 0.25) is 0 Å². The molecule has 13 heavy (non-hydrogen) atoms. The van der Waals surface area contributed by atoms with Crippen molar-refractivity contribution in [2.45, 2.75) is 46.0 Å². The average Bonchev–Trinajstić information content (AvgIpc) is 2.03. The zero-order valence-electron chi connectivity index (χ0n) is 9.31. The quantitative estimate of drug-likeness (QED) is 0.607. The van der Waals surface area contributed by atoms with Crippen LogP contribution < -0.4 is 0 Å². The number of rotatable bonds is 1. The summed E-state index contributed by atoms with van der Waals surface area (Å²) in [7, 11) is 0. The lowest BCUT2D eigenvalue weighted by Crippen LogP contribution is -2.11. The van der Waals surface area contributed by atoms with E-state index in [1.807, 2.05) is 0 Å². The van der Waals surface area contributed by atoms with Crippen LogP contribution in [0.4, 0.5) is 0 Å². The van der Waals surface area contributed by atoms with Crippen molar-refractivity contribution >= 4 is 0 Å². The summed E-state index contributed by atoms with van der Waals surface area (Å²) < 4.78 is 0. The second-order valence-corrected chi connectivity index (χ2v) is 4.96. The highest BCUT2D eigenvalue weighted by Crippen LogP contribution is 2.25. The predicted octanol–water partition coefficient (Wildman–Crippen LogP) is 3.91. The van der Waals surface area contributed by atoms with Crippen molar-refractivity contribution in [3.8, 4) is 0 Å². The van der Waals surface area contributed by atoms with Gasteiger partial charge in [-0.05, 0) is 28.5 Å². The molecule has 0 aliphatic heterocycles. The van der Waals surface area contributed by atoms with Crippen LogP contribution >= 0.6 is 0 Å². The van der Waals surface area contributed by atoms with Gasteiger partial charge in [-0.3, -0.25) is 0 Å². The van der Waals surface area contributed by atoms with Gasteiger partial charge in [0.25, 0.3) is 0 Å². The molecule has 1 aromatic rings. The largest absolute Gasteiger partial charge is 0.0587 e. The van der Waals surface area contributed by atoms with Gasteiger partial charge in [-0.1, -0.05) is 52.8 Å². The molecule has 0 saturated carbocycles. The van der Waals surface area contributed by atoms with Gasteiger partial charge in [0.05, 0.1) is 0 Å². The minimum atomic E-state index is 0.238. The topological polar surface area (TPSA) is 0 Å². The van der Waals surface area contributed by atoms with Gasteiger partial charge in [0.1, 0.15) is 0 Å².